The summed E-state index contributed by atoms with van der Waals surface area (Å²) < 4.78 is 13.3. The number of nitrogens with zero attached hydrogens (tertiary/aromatic N) is 5. The third-order valence-electron chi connectivity index (χ3n) is 4.94. The lowest BCUT2D eigenvalue weighted by Gasteiger charge is -2.31. The Morgan fingerprint density at radius 2 is 2.35 bits per heavy atom. The summed E-state index contributed by atoms with van der Waals surface area (Å²) in [6.07, 6.45) is 1.71. The Hall–Kier alpha value is -2.42. The van der Waals surface area contributed by atoms with E-state index in [0.717, 1.165) is 0 Å². The standard InChI is InChI=1S/C16H24N6O4/c1-5-16(7-8-18-21-17)10(2)13(25-4)14(26-16)22-9-6-12(19-11(3)23)20-15(22)24/h6,9-10,13-14H,5,7-8H2,1-4H3,(H,19,20,23,24)/t10?,13-,14+,16-/m0/s1. The Bertz CT molecular complexity index is 759. The number of carbonyl (C=O) groups excluding carboxylic acids is 1. The molecule has 0 aliphatic carbocycles. The van der Waals surface area contributed by atoms with Crippen LogP contribution in [0.15, 0.2) is 22.2 Å². The third kappa shape index (κ3) is 3.87. The Labute approximate surface area is 151 Å². The molecule has 10 heteroatoms. The van der Waals surface area contributed by atoms with E-state index in [0.29, 0.717) is 19.4 Å². The lowest BCUT2D eigenvalue weighted by Crippen LogP contribution is -2.37. The van der Waals surface area contributed by atoms with Crippen molar-refractivity contribution < 1.29 is 14.3 Å². The number of aromatic nitrogens is 2. The smallest absolute Gasteiger partial charge is 0.351 e. The minimum atomic E-state index is -0.660. The molecule has 0 spiro atoms. The van der Waals surface area contributed by atoms with Crippen LogP contribution in [0, 0.1) is 5.92 Å². The molecule has 0 aromatic carbocycles. The first-order valence-electron chi connectivity index (χ1n) is 8.46. The van der Waals surface area contributed by atoms with Crippen LogP contribution in [0.3, 0.4) is 0 Å². The molecule has 1 aliphatic heterocycles. The second kappa shape index (κ2) is 8.31. The normalized spacial score (nSPS) is 27.8. The highest BCUT2D eigenvalue weighted by Crippen LogP contribution is 2.46. The highest BCUT2D eigenvalue weighted by molar-refractivity contribution is 5.87. The third-order valence-corrected chi connectivity index (χ3v) is 4.94. The topological polar surface area (TPSA) is 131 Å². The van der Waals surface area contributed by atoms with E-state index in [1.54, 1.807) is 7.11 Å². The first-order valence-corrected chi connectivity index (χ1v) is 8.46. The number of hydrogen-bond acceptors (Lipinski definition) is 6. The molecule has 1 aromatic rings. The van der Waals surface area contributed by atoms with Crippen molar-refractivity contribution in [1.29, 1.82) is 0 Å². The predicted molar refractivity (Wildman–Crippen MR) is 94.5 cm³/mol. The summed E-state index contributed by atoms with van der Waals surface area (Å²) in [5.74, 6) is -0.152. The SMILES string of the molecule is CC[C@@]1(CCN=[N+]=[N-])O[C@@H](n2ccc(NC(C)=O)nc2=O)[C@@H](OC)C1C. The fourth-order valence-electron chi connectivity index (χ4n) is 3.51. The van der Waals surface area contributed by atoms with Gasteiger partial charge < -0.3 is 14.8 Å². The van der Waals surface area contributed by atoms with Crippen molar-refractivity contribution in [2.45, 2.75) is 51.5 Å². The van der Waals surface area contributed by atoms with Crippen molar-refractivity contribution in [2.75, 3.05) is 19.0 Å². The first kappa shape index (κ1) is 19.9. The van der Waals surface area contributed by atoms with Gasteiger partial charge >= 0.3 is 5.69 Å². The van der Waals surface area contributed by atoms with Gasteiger partial charge in [-0.1, -0.05) is 19.0 Å². The van der Waals surface area contributed by atoms with Gasteiger partial charge in [0.15, 0.2) is 6.23 Å². The fraction of sp³-hybridized carbons (Fsp3) is 0.688. The Kier molecular flexibility index (Phi) is 6.36. The van der Waals surface area contributed by atoms with Gasteiger partial charge in [-0.15, -0.1) is 0 Å². The number of ether oxygens (including phenoxy) is 2. The number of carbonyl (C=O) groups is 1. The molecule has 1 amide bonds. The number of azide groups is 1. The molecule has 1 saturated heterocycles. The van der Waals surface area contributed by atoms with Gasteiger partial charge in [0.25, 0.3) is 0 Å². The molecule has 2 rings (SSSR count). The van der Waals surface area contributed by atoms with E-state index < -0.39 is 17.5 Å². The van der Waals surface area contributed by atoms with Crippen LogP contribution >= 0.6 is 0 Å². The van der Waals surface area contributed by atoms with Crippen molar-refractivity contribution in [1.82, 2.24) is 9.55 Å². The van der Waals surface area contributed by atoms with Crippen molar-refractivity contribution in [2.24, 2.45) is 11.0 Å². The van der Waals surface area contributed by atoms with Gasteiger partial charge in [-0.25, -0.2) is 4.79 Å². The summed E-state index contributed by atoms with van der Waals surface area (Å²) in [6, 6.07) is 1.54. The van der Waals surface area contributed by atoms with Gasteiger partial charge in [-0.3, -0.25) is 9.36 Å². The Morgan fingerprint density at radius 1 is 1.62 bits per heavy atom. The number of nitrogens with one attached hydrogen (secondary N) is 1. The van der Waals surface area contributed by atoms with E-state index in [4.69, 9.17) is 15.0 Å². The van der Waals surface area contributed by atoms with E-state index >= 15 is 0 Å². The van der Waals surface area contributed by atoms with Gasteiger partial charge in [0.2, 0.25) is 5.91 Å². The highest BCUT2D eigenvalue weighted by atomic mass is 16.6. The van der Waals surface area contributed by atoms with Gasteiger partial charge in [-0.05, 0) is 24.4 Å². The zero-order chi connectivity index (χ0) is 19.3. The van der Waals surface area contributed by atoms with Crippen LogP contribution in [0.2, 0.25) is 0 Å². The number of rotatable bonds is 7. The van der Waals surface area contributed by atoms with E-state index in [1.807, 2.05) is 13.8 Å². The quantitative estimate of drug-likeness (QED) is 0.450. The van der Waals surface area contributed by atoms with Crippen molar-refractivity contribution >= 4 is 11.7 Å². The first-order chi connectivity index (χ1) is 12.4. The molecule has 0 radical (unpaired) electrons. The molecule has 10 nitrogen and oxygen atoms in total. The van der Waals surface area contributed by atoms with E-state index in [1.165, 1.54) is 23.8 Å². The molecule has 142 valence electrons. The summed E-state index contributed by atoms with van der Waals surface area (Å²) >= 11 is 0. The van der Waals surface area contributed by atoms with Gasteiger partial charge in [0.05, 0.1) is 5.60 Å². The van der Waals surface area contributed by atoms with Crippen LogP contribution < -0.4 is 11.0 Å². The van der Waals surface area contributed by atoms with E-state index in [2.05, 4.69) is 20.3 Å². The fourth-order valence-corrected chi connectivity index (χ4v) is 3.51. The minimum Gasteiger partial charge on any atom is -0.376 e. The Morgan fingerprint density at radius 3 is 2.88 bits per heavy atom. The molecule has 0 saturated carbocycles. The average molecular weight is 364 g/mol. The summed E-state index contributed by atoms with van der Waals surface area (Å²) in [6.45, 7) is 5.63. The van der Waals surface area contributed by atoms with Crippen LogP contribution in [0.1, 0.15) is 39.8 Å². The average Bonchev–Trinajstić information content (AvgIpc) is 2.87. The van der Waals surface area contributed by atoms with E-state index in [-0.39, 0.29) is 23.7 Å². The van der Waals surface area contributed by atoms with Crippen LogP contribution in [0.4, 0.5) is 5.82 Å². The van der Waals surface area contributed by atoms with Gasteiger partial charge in [0.1, 0.15) is 11.9 Å². The largest absolute Gasteiger partial charge is 0.376 e. The molecular weight excluding hydrogens is 340 g/mol. The van der Waals surface area contributed by atoms with Crippen LogP contribution in [-0.4, -0.2) is 40.8 Å². The summed E-state index contributed by atoms with van der Waals surface area (Å²) in [5, 5.41) is 6.08. The molecule has 1 fully saturated rings. The zero-order valence-corrected chi connectivity index (χ0v) is 15.4. The van der Waals surface area contributed by atoms with E-state index in [9.17, 15) is 9.59 Å². The number of methoxy groups -OCH3 is 1. The molecule has 0 bridgehead atoms. The molecule has 1 aromatic heterocycles. The zero-order valence-electron chi connectivity index (χ0n) is 15.4. The van der Waals surface area contributed by atoms with Gasteiger partial charge in [-0.2, -0.15) is 4.98 Å². The van der Waals surface area contributed by atoms with Crippen molar-refractivity contribution in [3.63, 3.8) is 0 Å². The second-order valence-electron chi connectivity index (χ2n) is 6.30. The summed E-state index contributed by atoms with van der Waals surface area (Å²) in [4.78, 5) is 30.2. The summed E-state index contributed by atoms with van der Waals surface area (Å²) in [7, 11) is 1.57. The summed E-state index contributed by atoms with van der Waals surface area (Å²) in [5.41, 5.74) is 7.41. The maximum absolute atomic E-state index is 12.4. The maximum atomic E-state index is 12.4. The molecule has 1 aliphatic rings. The molecule has 2 heterocycles. The van der Waals surface area contributed by atoms with Crippen LogP contribution in [-0.2, 0) is 14.3 Å². The lowest BCUT2D eigenvalue weighted by atomic mass is 9.82. The van der Waals surface area contributed by atoms with Crippen molar-refractivity contribution in [3.8, 4) is 0 Å². The highest BCUT2D eigenvalue weighted by Gasteiger charge is 2.52. The molecule has 4 atom stereocenters. The molecule has 1 unspecified atom stereocenters. The second-order valence-corrected chi connectivity index (χ2v) is 6.30. The van der Waals surface area contributed by atoms with Gasteiger partial charge in [0, 0.05) is 37.6 Å². The molecule has 26 heavy (non-hydrogen) atoms. The van der Waals surface area contributed by atoms with Crippen LogP contribution in [0.25, 0.3) is 10.4 Å². The van der Waals surface area contributed by atoms with Crippen molar-refractivity contribution in [3.05, 3.63) is 33.2 Å². The number of hydrogen-bond donors (Lipinski definition) is 1. The number of anilines is 1. The van der Waals surface area contributed by atoms with Crippen LogP contribution in [0.5, 0.6) is 0 Å². The lowest BCUT2D eigenvalue weighted by molar-refractivity contribution is -0.114. The molecule has 1 N–H and O–H groups in total. The molecular formula is C16H24N6O4. The maximum Gasteiger partial charge on any atom is 0.351 e. The minimum absolute atomic E-state index is 0.0293. The number of amides is 1. The predicted octanol–water partition coefficient (Wildman–Crippen LogP) is 2.23. The Balaban J connectivity index is 2.34. The monoisotopic (exact) mass is 364 g/mol.